The van der Waals surface area contributed by atoms with Gasteiger partial charge in [0.2, 0.25) is 0 Å². The Bertz CT molecular complexity index is 324. The highest BCUT2D eigenvalue weighted by Crippen LogP contribution is 2.10. The molecule has 0 radical (unpaired) electrons. The van der Waals surface area contributed by atoms with Crippen LogP contribution in [0.5, 0.6) is 0 Å². The molecule has 7 heteroatoms. The summed E-state index contributed by atoms with van der Waals surface area (Å²) in [6.07, 6.45) is -1.90. The number of aliphatic hydroxyl groups is 2. The Morgan fingerprint density at radius 3 is 2.71 bits per heavy atom. The molecule has 14 heavy (non-hydrogen) atoms. The molecule has 0 aliphatic heterocycles. The topological polar surface area (TPSA) is 132 Å². The van der Waals surface area contributed by atoms with Crippen LogP contribution in [-0.4, -0.2) is 43.7 Å². The number of anilines is 1. The van der Waals surface area contributed by atoms with E-state index in [9.17, 15) is 9.90 Å². The quantitative estimate of drug-likeness (QED) is 0.396. The fourth-order valence-electron chi connectivity index (χ4n) is 0.985. The second-order valence-electron chi connectivity index (χ2n) is 2.86. The molecular weight excluding hydrogens is 190 g/mol. The lowest BCUT2D eigenvalue weighted by molar-refractivity contribution is -0.152. The van der Waals surface area contributed by atoms with Gasteiger partial charge in [0.1, 0.15) is 5.82 Å². The molecule has 2 unspecified atom stereocenters. The molecule has 0 spiro atoms. The van der Waals surface area contributed by atoms with Crippen molar-refractivity contribution in [3.8, 4) is 0 Å². The van der Waals surface area contributed by atoms with Crippen molar-refractivity contribution in [1.82, 2.24) is 10.2 Å². The lowest BCUT2D eigenvalue weighted by atomic mass is 10.1. The van der Waals surface area contributed by atoms with Gasteiger partial charge in [0.05, 0.1) is 12.3 Å². The van der Waals surface area contributed by atoms with Crippen molar-refractivity contribution in [3.63, 3.8) is 0 Å². The van der Waals surface area contributed by atoms with E-state index in [1.807, 2.05) is 0 Å². The number of carboxylic acid groups (broad SMARTS) is 1. The lowest BCUT2D eigenvalue weighted by Gasteiger charge is -2.12. The molecule has 1 aromatic rings. The molecule has 0 bridgehead atoms. The predicted molar refractivity (Wildman–Crippen MR) is 46.4 cm³/mol. The number of nitrogens with zero attached hydrogens (tertiary/aromatic N) is 1. The van der Waals surface area contributed by atoms with Crippen LogP contribution in [-0.2, 0) is 11.2 Å². The lowest BCUT2D eigenvalue weighted by Crippen LogP contribution is -2.35. The molecule has 0 saturated heterocycles. The number of rotatable bonds is 4. The first kappa shape index (κ1) is 10.5. The standard InChI is InChI=1S/C7H11N3O4/c8-6-3(2-9-10-6)1-4(11)5(12)7(13)14/h2,4-5,11-12H,1H2,(H,13,14)(H3,8,9,10). The van der Waals surface area contributed by atoms with E-state index in [0.717, 1.165) is 0 Å². The molecule has 1 rings (SSSR count). The van der Waals surface area contributed by atoms with Crippen LogP contribution < -0.4 is 5.73 Å². The molecule has 6 N–H and O–H groups in total. The number of nitrogens with two attached hydrogens (primary N) is 1. The number of H-pyrrole nitrogens is 1. The highest BCUT2D eigenvalue weighted by Gasteiger charge is 2.24. The van der Waals surface area contributed by atoms with Crippen LogP contribution in [0.1, 0.15) is 5.56 Å². The highest BCUT2D eigenvalue weighted by molar-refractivity contribution is 5.72. The van der Waals surface area contributed by atoms with E-state index >= 15 is 0 Å². The molecule has 1 aromatic heterocycles. The third-order valence-electron chi connectivity index (χ3n) is 1.80. The number of nitrogens with one attached hydrogen (secondary N) is 1. The minimum Gasteiger partial charge on any atom is -0.479 e. The van der Waals surface area contributed by atoms with Crippen molar-refractivity contribution in [3.05, 3.63) is 11.8 Å². The molecule has 0 aliphatic carbocycles. The van der Waals surface area contributed by atoms with Crippen LogP contribution >= 0.6 is 0 Å². The molecule has 0 aliphatic rings. The van der Waals surface area contributed by atoms with Crippen LogP contribution in [0.3, 0.4) is 0 Å². The van der Waals surface area contributed by atoms with Gasteiger partial charge in [-0.05, 0) is 0 Å². The van der Waals surface area contributed by atoms with Gasteiger partial charge in [-0.2, -0.15) is 5.10 Å². The van der Waals surface area contributed by atoms with E-state index in [0.29, 0.717) is 5.56 Å². The Labute approximate surface area is 79.2 Å². The largest absolute Gasteiger partial charge is 0.479 e. The Morgan fingerprint density at radius 2 is 2.29 bits per heavy atom. The highest BCUT2D eigenvalue weighted by atomic mass is 16.4. The van der Waals surface area contributed by atoms with Crippen LogP contribution in [0, 0.1) is 0 Å². The zero-order chi connectivity index (χ0) is 10.7. The second-order valence-corrected chi connectivity index (χ2v) is 2.86. The third kappa shape index (κ3) is 2.21. The van der Waals surface area contributed by atoms with Gasteiger partial charge >= 0.3 is 5.97 Å². The summed E-state index contributed by atoms with van der Waals surface area (Å²) >= 11 is 0. The molecular formula is C7H11N3O4. The van der Waals surface area contributed by atoms with Crippen molar-refractivity contribution in [2.45, 2.75) is 18.6 Å². The van der Waals surface area contributed by atoms with Crippen LogP contribution in [0.2, 0.25) is 0 Å². The van der Waals surface area contributed by atoms with Gasteiger partial charge in [0, 0.05) is 12.0 Å². The molecule has 0 saturated carbocycles. The van der Waals surface area contributed by atoms with Gasteiger partial charge in [-0.1, -0.05) is 0 Å². The van der Waals surface area contributed by atoms with Gasteiger partial charge in [0.15, 0.2) is 6.10 Å². The maximum Gasteiger partial charge on any atom is 0.335 e. The van der Waals surface area contributed by atoms with E-state index < -0.39 is 18.2 Å². The number of aliphatic carboxylic acids is 1. The van der Waals surface area contributed by atoms with E-state index in [4.69, 9.17) is 15.9 Å². The minimum absolute atomic E-state index is 0.0597. The van der Waals surface area contributed by atoms with E-state index in [1.165, 1.54) is 6.20 Å². The van der Waals surface area contributed by atoms with Crippen molar-refractivity contribution in [2.75, 3.05) is 5.73 Å². The summed E-state index contributed by atoms with van der Waals surface area (Å²) in [5, 5.41) is 32.6. The van der Waals surface area contributed by atoms with Crippen molar-refractivity contribution in [2.24, 2.45) is 0 Å². The smallest absolute Gasteiger partial charge is 0.335 e. The SMILES string of the molecule is Nc1[nH]ncc1CC(O)C(O)C(=O)O. The van der Waals surface area contributed by atoms with Gasteiger partial charge in [0.25, 0.3) is 0 Å². The maximum absolute atomic E-state index is 10.3. The number of carbonyl (C=O) groups is 1. The van der Waals surface area contributed by atoms with Gasteiger partial charge < -0.3 is 21.1 Å². The monoisotopic (exact) mass is 201 g/mol. The Hall–Kier alpha value is -1.60. The van der Waals surface area contributed by atoms with E-state index in [-0.39, 0.29) is 12.2 Å². The van der Waals surface area contributed by atoms with Crippen LogP contribution in [0.4, 0.5) is 5.82 Å². The fraction of sp³-hybridized carbons (Fsp3) is 0.429. The molecule has 0 fully saturated rings. The van der Waals surface area contributed by atoms with E-state index in [1.54, 1.807) is 0 Å². The summed E-state index contributed by atoms with van der Waals surface area (Å²) in [7, 11) is 0. The number of hydrogen-bond acceptors (Lipinski definition) is 5. The van der Waals surface area contributed by atoms with Crippen molar-refractivity contribution < 1.29 is 20.1 Å². The first-order valence-corrected chi connectivity index (χ1v) is 3.89. The summed E-state index contributed by atoms with van der Waals surface area (Å²) in [5.41, 5.74) is 5.88. The van der Waals surface area contributed by atoms with Crippen LogP contribution in [0.25, 0.3) is 0 Å². The Balaban J connectivity index is 2.61. The number of aliphatic hydroxyl groups excluding tert-OH is 2. The van der Waals surface area contributed by atoms with Crippen molar-refractivity contribution >= 4 is 11.8 Å². The number of aromatic nitrogens is 2. The second kappa shape index (κ2) is 4.07. The fourth-order valence-corrected chi connectivity index (χ4v) is 0.985. The summed E-state index contributed by atoms with van der Waals surface area (Å²) in [6, 6.07) is 0. The summed E-state index contributed by atoms with van der Waals surface area (Å²) in [6.45, 7) is 0. The molecule has 7 nitrogen and oxygen atoms in total. The summed E-state index contributed by atoms with van der Waals surface area (Å²) in [4.78, 5) is 10.3. The minimum atomic E-state index is -1.82. The zero-order valence-corrected chi connectivity index (χ0v) is 7.21. The van der Waals surface area contributed by atoms with Gasteiger partial charge in [-0.3, -0.25) is 5.10 Å². The number of carboxylic acids is 1. The average Bonchev–Trinajstić information content (AvgIpc) is 2.50. The molecule has 78 valence electrons. The Kier molecular flexibility index (Phi) is 3.05. The molecule has 1 heterocycles. The predicted octanol–water partition coefficient (Wildman–Crippen LogP) is -1.66. The normalized spacial score (nSPS) is 15.0. The van der Waals surface area contributed by atoms with Gasteiger partial charge in [-0.25, -0.2) is 4.79 Å². The van der Waals surface area contributed by atoms with E-state index in [2.05, 4.69) is 10.2 Å². The van der Waals surface area contributed by atoms with Gasteiger partial charge in [-0.15, -0.1) is 0 Å². The number of hydrogen-bond donors (Lipinski definition) is 5. The summed E-state index contributed by atoms with van der Waals surface area (Å²) in [5.74, 6) is -1.22. The maximum atomic E-state index is 10.3. The van der Waals surface area contributed by atoms with Crippen LogP contribution in [0.15, 0.2) is 6.20 Å². The number of nitrogen functional groups attached to an aromatic ring is 1. The molecule has 0 amide bonds. The summed E-state index contributed by atoms with van der Waals surface area (Å²) < 4.78 is 0. The molecule has 0 aromatic carbocycles. The molecule has 2 atom stereocenters. The first-order chi connectivity index (χ1) is 6.52. The zero-order valence-electron chi connectivity index (χ0n) is 7.21. The van der Waals surface area contributed by atoms with Crippen molar-refractivity contribution in [1.29, 1.82) is 0 Å². The first-order valence-electron chi connectivity index (χ1n) is 3.89. The Morgan fingerprint density at radius 1 is 1.64 bits per heavy atom. The third-order valence-corrected chi connectivity index (χ3v) is 1.80. The average molecular weight is 201 g/mol. The number of aromatic amines is 1.